The fraction of sp³-hybridized carbons (Fsp3) is 0.846. The Kier molecular flexibility index (Phi) is 5.46. The van der Waals surface area contributed by atoms with Gasteiger partial charge in [0.05, 0.1) is 0 Å². The summed E-state index contributed by atoms with van der Waals surface area (Å²) in [4.78, 5) is 2.56. The Morgan fingerprint density at radius 2 is 2.06 bits per heavy atom. The van der Waals surface area contributed by atoms with Gasteiger partial charge >= 0.3 is 0 Å². The van der Waals surface area contributed by atoms with Crippen LogP contribution in [0.3, 0.4) is 0 Å². The van der Waals surface area contributed by atoms with Crippen molar-refractivity contribution in [3.63, 3.8) is 0 Å². The first-order valence-corrected chi connectivity index (χ1v) is 6.45. The third-order valence-electron chi connectivity index (χ3n) is 3.88. The van der Waals surface area contributed by atoms with Crippen molar-refractivity contribution in [3.8, 4) is 0 Å². The van der Waals surface area contributed by atoms with Crippen LogP contribution in [0.4, 0.5) is 0 Å². The van der Waals surface area contributed by atoms with Gasteiger partial charge in [-0.05, 0) is 59.0 Å². The van der Waals surface area contributed by atoms with Gasteiger partial charge in [-0.15, -0.1) is 6.58 Å². The molecule has 1 aliphatic rings. The van der Waals surface area contributed by atoms with Gasteiger partial charge in [0.1, 0.15) is 0 Å². The van der Waals surface area contributed by atoms with E-state index in [-0.39, 0.29) is 5.54 Å². The summed E-state index contributed by atoms with van der Waals surface area (Å²) in [6, 6.07) is 0.366. The van der Waals surface area contributed by atoms with Crippen LogP contribution in [0.25, 0.3) is 0 Å². The van der Waals surface area contributed by atoms with Crippen LogP contribution in [0.2, 0.25) is 0 Å². The minimum Gasteiger partial charge on any atom is -0.297 e. The molecule has 0 aromatic carbocycles. The van der Waals surface area contributed by atoms with Crippen molar-refractivity contribution in [2.75, 3.05) is 13.1 Å². The quantitative estimate of drug-likeness (QED) is 0.301. The molecule has 0 amide bonds. The van der Waals surface area contributed by atoms with Gasteiger partial charge < -0.3 is 0 Å². The van der Waals surface area contributed by atoms with Gasteiger partial charge in [-0.2, -0.15) is 0 Å². The van der Waals surface area contributed by atoms with E-state index in [1.165, 1.54) is 25.9 Å². The molecule has 0 aliphatic carbocycles. The Labute approximate surface area is 100 Å². The molecule has 3 nitrogen and oxygen atoms in total. The number of hydrogen-bond donors (Lipinski definition) is 2. The second-order valence-electron chi connectivity index (χ2n) is 5.29. The molecule has 0 saturated carbocycles. The molecule has 1 unspecified atom stereocenters. The van der Waals surface area contributed by atoms with Crippen LogP contribution in [0.1, 0.15) is 46.0 Å². The van der Waals surface area contributed by atoms with E-state index < -0.39 is 0 Å². The van der Waals surface area contributed by atoms with Crippen LogP contribution >= 0.6 is 0 Å². The van der Waals surface area contributed by atoms with E-state index in [0.717, 1.165) is 19.3 Å². The molecule has 3 heteroatoms. The second kappa shape index (κ2) is 6.38. The average Bonchev–Trinajstić information content (AvgIpc) is 2.78. The Bertz CT molecular complexity index is 207. The molecule has 1 heterocycles. The minimum atomic E-state index is 0.159. The van der Waals surface area contributed by atoms with Crippen molar-refractivity contribution in [1.82, 2.24) is 10.3 Å². The number of hydrogen-bond acceptors (Lipinski definition) is 3. The van der Waals surface area contributed by atoms with Crippen molar-refractivity contribution >= 4 is 0 Å². The molecule has 3 N–H and O–H groups in total. The van der Waals surface area contributed by atoms with Gasteiger partial charge in [-0.1, -0.05) is 6.08 Å². The van der Waals surface area contributed by atoms with Crippen molar-refractivity contribution in [2.45, 2.75) is 57.5 Å². The fourth-order valence-electron chi connectivity index (χ4n) is 2.62. The van der Waals surface area contributed by atoms with Crippen LogP contribution in [-0.4, -0.2) is 29.6 Å². The molecule has 94 valence electrons. The Balaban J connectivity index is 2.50. The third-order valence-corrected chi connectivity index (χ3v) is 3.88. The van der Waals surface area contributed by atoms with E-state index in [0.29, 0.717) is 6.04 Å². The van der Waals surface area contributed by atoms with Crippen molar-refractivity contribution in [3.05, 3.63) is 12.7 Å². The van der Waals surface area contributed by atoms with Crippen LogP contribution in [-0.2, 0) is 0 Å². The van der Waals surface area contributed by atoms with Gasteiger partial charge in [0.2, 0.25) is 0 Å². The molecule has 1 fully saturated rings. The lowest BCUT2D eigenvalue weighted by molar-refractivity contribution is 0.102. The van der Waals surface area contributed by atoms with E-state index in [4.69, 9.17) is 5.84 Å². The van der Waals surface area contributed by atoms with E-state index in [2.05, 4.69) is 30.8 Å². The van der Waals surface area contributed by atoms with Gasteiger partial charge in [0.15, 0.2) is 0 Å². The first-order chi connectivity index (χ1) is 7.62. The van der Waals surface area contributed by atoms with Crippen LogP contribution in [0, 0.1) is 0 Å². The SMILES string of the molecule is C=CCCCC(NN)C(C)(C)N1CCCC1. The van der Waals surface area contributed by atoms with E-state index in [1.54, 1.807) is 0 Å². The number of nitrogens with zero attached hydrogens (tertiary/aromatic N) is 1. The highest BCUT2D eigenvalue weighted by Gasteiger charge is 2.35. The average molecular weight is 225 g/mol. The van der Waals surface area contributed by atoms with Crippen LogP contribution in [0.15, 0.2) is 12.7 Å². The smallest absolute Gasteiger partial charge is 0.0389 e. The van der Waals surface area contributed by atoms with Crippen LogP contribution in [0.5, 0.6) is 0 Å². The maximum Gasteiger partial charge on any atom is 0.0389 e. The standard InChI is InChI=1S/C13H27N3/c1-4-5-6-9-12(15-14)13(2,3)16-10-7-8-11-16/h4,12,15H,1,5-11,14H2,2-3H3. The van der Waals surface area contributed by atoms with Gasteiger partial charge in [-0.25, -0.2) is 0 Å². The minimum absolute atomic E-state index is 0.159. The molecule has 0 spiro atoms. The highest BCUT2D eigenvalue weighted by Crippen LogP contribution is 2.26. The van der Waals surface area contributed by atoms with E-state index in [9.17, 15) is 0 Å². The highest BCUT2D eigenvalue weighted by molar-refractivity contribution is 4.94. The zero-order valence-corrected chi connectivity index (χ0v) is 10.8. The summed E-state index contributed by atoms with van der Waals surface area (Å²) < 4.78 is 0. The lowest BCUT2D eigenvalue weighted by Crippen LogP contribution is -2.58. The fourth-order valence-corrected chi connectivity index (χ4v) is 2.62. The zero-order chi connectivity index (χ0) is 12.0. The zero-order valence-electron chi connectivity index (χ0n) is 10.8. The van der Waals surface area contributed by atoms with Gasteiger partial charge in [-0.3, -0.25) is 16.2 Å². The van der Waals surface area contributed by atoms with Gasteiger partial charge in [0, 0.05) is 11.6 Å². The largest absolute Gasteiger partial charge is 0.297 e. The topological polar surface area (TPSA) is 41.3 Å². The lowest BCUT2D eigenvalue weighted by atomic mass is 9.89. The number of allylic oxidation sites excluding steroid dienone is 1. The van der Waals surface area contributed by atoms with Crippen molar-refractivity contribution in [2.24, 2.45) is 5.84 Å². The number of nitrogens with two attached hydrogens (primary N) is 1. The molecule has 0 bridgehead atoms. The number of nitrogens with one attached hydrogen (secondary N) is 1. The Morgan fingerprint density at radius 3 is 2.56 bits per heavy atom. The first kappa shape index (κ1) is 13.7. The highest BCUT2D eigenvalue weighted by atomic mass is 15.3. The second-order valence-corrected chi connectivity index (χ2v) is 5.29. The summed E-state index contributed by atoms with van der Waals surface area (Å²) in [6.07, 6.45) is 7.99. The summed E-state index contributed by atoms with van der Waals surface area (Å²) in [5.41, 5.74) is 3.16. The predicted octanol–water partition coefficient (Wildman–Crippen LogP) is 2.05. The number of likely N-dealkylation sites (tertiary alicyclic amines) is 1. The summed E-state index contributed by atoms with van der Waals surface area (Å²) in [6.45, 7) is 10.8. The molecule has 16 heavy (non-hydrogen) atoms. The monoisotopic (exact) mass is 225 g/mol. The van der Waals surface area contributed by atoms with E-state index >= 15 is 0 Å². The van der Waals surface area contributed by atoms with Gasteiger partial charge in [0.25, 0.3) is 0 Å². The normalized spacial score (nSPS) is 19.9. The molecular weight excluding hydrogens is 198 g/mol. The number of hydrazine groups is 1. The molecule has 0 aromatic rings. The third kappa shape index (κ3) is 3.30. The molecule has 0 aromatic heterocycles. The van der Waals surface area contributed by atoms with E-state index in [1.807, 2.05) is 6.08 Å². The summed E-state index contributed by atoms with van der Waals surface area (Å²) in [7, 11) is 0. The Hall–Kier alpha value is -0.380. The number of rotatable bonds is 7. The Morgan fingerprint density at radius 1 is 1.44 bits per heavy atom. The van der Waals surface area contributed by atoms with Crippen molar-refractivity contribution in [1.29, 1.82) is 0 Å². The lowest BCUT2D eigenvalue weighted by Gasteiger charge is -2.42. The van der Waals surface area contributed by atoms with Crippen LogP contribution < -0.4 is 11.3 Å². The number of unbranched alkanes of at least 4 members (excludes halogenated alkanes) is 1. The maximum atomic E-state index is 5.71. The summed E-state index contributed by atoms with van der Waals surface area (Å²) >= 11 is 0. The maximum absolute atomic E-state index is 5.71. The molecule has 1 saturated heterocycles. The predicted molar refractivity (Wildman–Crippen MR) is 70.0 cm³/mol. The molecule has 1 aliphatic heterocycles. The summed E-state index contributed by atoms with van der Waals surface area (Å²) in [5.74, 6) is 5.71. The first-order valence-electron chi connectivity index (χ1n) is 6.45. The molecular formula is C13H27N3. The molecule has 0 radical (unpaired) electrons. The molecule has 1 atom stereocenters. The summed E-state index contributed by atoms with van der Waals surface area (Å²) in [5, 5.41) is 0. The van der Waals surface area contributed by atoms with Crippen molar-refractivity contribution < 1.29 is 0 Å². The molecule has 1 rings (SSSR count).